The van der Waals surface area contributed by atoms with Gasteiger partial charge in [0.2, 0.25) is 0 Å². The molecule has 110 valence electrons. The van der Waals surface area contributed by atoms with Crippen molar-refractivity contribution in [2.24, 2.45) is 0 Å². The maximum absolute atomic E-state index is 11.9. The third kappa shape index (κ3) is 2.80. The molecular formula is C15H14O6. The van der Waals surface area contributed by atoms with Crippen LogP contribution in [-0.4, -0.2) is 29.4 Å². The summed E-state index contributed by atoms with van der Waals surface area (Å²) in [4.78, 5) is 23.7. The van der Waals surface area contributed by atoms with E-state index in [1.165, 1.54) is 24.3 Å². The van der Waals surface area contributed by atoms with Gasteiger partial charge in [0.25, 0.3) is 0 Å². The van der Waals surface area contributed by atoms with Crippen LogP contribution in [-0.2, 0) is 4.74 Å². The molecule has 6 heteroatoms. The first-order valence-corrected chi connectivity index (χ1v) is 6.29. The molecule has 0 aliphatic carbocycles. The minimum absolute atomic E-state index is 0.0348. The summed E-state index contributed by atoms with van der Waals surface area (Å²) < 4.78 is 9.93. The molecule has 0 aliphatic rings. The minimum Gasteiger partial charge on any atom is -0.506 e. The van der Waals surface area contributed by atoms with Crippen molar-refractivity contribution in [1.29, 1.82) is 0 Å². The number of carbonyl (C=O) groups excluding carboxylic acids is 1. The summed E-state index contributed by atoms with van der Waals surface area (Å²) in [5, 5.41) is 19.0. The predicted molar refractivity (Wildman–Crippen MR) is 76.2 cm³/mol. The lowest BCUT2D eigenvalue weighted by atomic mass is 10.1. The molecular weight excluding hydrogens is 276 g/mol. The van der Waals surface area contributed by atoms with Crippen molar-refractivity contribution in [3.8, 4) is 5.75 Å². The van der Waals surface area contributed by atoms with E-state index >= 15 is 0 Å². The zero-order valence-electron chi connectivity index (χ0n) is 11.3. The van der Waals surface area contributed by atoms with Crippen LogP contribution in [0.1, 0.15) is 22.8 Å². The molecule has 0 saturated heterocycles. The zero-order valence-corrected chi connectivity index (χ0v) is 11.3. The van der Waals surface area contributed by atoms with Crippen LogP contribution in [0.2, 0.25) is 0 Å². The molecule has 0 bridgehead atoms. The number of benzene rings is 1. The Morgan fingerprint density at radius 2 is 2.19 bits per heavy atom. The molecule has 0 fully saturated rings. The molecule has 1 heterocycles. The van der Waals surface area contributed by atoms with Crippen molar-refractivity contribution >= 4 is 23.0 Å². The predicted octanol–water partition coefficient (Wildman–Crippen LogP) is 1.68. The van der Waals surface area contributed by atoms with Gasteiger partial charge >= 0.3 is 11.6 Å². The second kappa shape index (κ2) is 6.23. The van der Waals surface area contributed by atoms with E-state index in [2.05, 4.69) is 0 Å². The van der Waals surface area contributed by atoms with Gasteiger partial charge in [-0.15, -0.1) is 0 Å². The maximum Gasteiger partial charge on any atom is 0.347 e. The van der Waals surface area contributed by atoms with Crippen molar-refractivity contribution in [2.75, 3.05) is 13.2 Å². The zero-order chi connectivity index (χ0) is 15.4. The fourth-order valence-electron chi connectivity index (χ4n) is 1.95. The number of rotatable bonds is 4. The van der Waals surface area contributed by atoms with Crippen LogP contribution in [0.15, 0.2) is 33.5 Å². The smallest absolute Gasteiger partial charge is 0.347 e. The van der Waals surface area contributed by atoms with Crippen molar-refractivity contribution in [2.45, 2.75) is 6.92 Å². The number of hydrogen-bond donors (Lipinski definition) is 2. The van der Waals surface area contributed by atoms with Crippen molar-refractivity contribution in [3.05, 3.63) is 45.8 Å². The highest BCUT2D eigenvalue weighted by atomic mass is 16.5. The normalized spacial score (nSPS) is 11.1. The highest BCUT2D eigenvalue weighted by molar-refractivity contribution is 6.06. The first-order chi connectivity index (χ1) is 10.1. The van der Waals surface area contributed by atoms with Gasteiger partial charge in [0.1, 0.15) is 23.5 Å². The third-order valence-electron chi connectivity index (χ3n) is 2.82. The molecule has 0 radical (unpaired) electrons. The molecule has 0 saturated carbocycles. The van der Waals surface area contributed by atoms with Crippen LogP contribution in [0.3, 0.4) is 0 Å². The van der Waals surface area contributed by atoms with Crippen molar-refractivity contribution in [1.82, 2.24) is 0 Å². The Morgan fingerprint density at radius 1 is 1.43 bits per heavy atom. The number of aliphatic hydroxyl groups is 1. The van der Waals surface area contributed by atoms with Crippen LogP contribution < -0.4 is 5.63 Å². The molecule has 0 atom stereocenters. The molecule has 6 nitrogen and oxygen atoms in total. The van der Waals surface area contributed by atoms with Gasteiger partial charge in [-0.25, -0.2) is 9.59 Å². The lowest BCUT2D eigenvalue weighted by Crippen LogP contribution is -2.11. The molecule has 0 unspecified atom stereocenters. The van der Waals surface area contributed by atoms with E-state index in [0.29, 0.717) is 0 Å². The highest BCUT2D eigenvalue weighted by Crippen LogP contribution is 2.30. The van der Waals surface area contributed by atoms with Crippen LogP contribution in [0.25, 0.3) is 17.0 Å². The van der Waals surface area contributed by atoms with Gasteiger partial charge in [0.05, 0.1) is 17.6 Å². The van der Waals surface area contributed by atoms with Gasteiger partial charge in [-0.05, 0) is 25.1 Å². The highest BCUT2D eigenvalue weighted by Gasteiger charge is 2.19. The molecule has 2 N–H and O–H groups in total. The number of esters is 1. The lowest BCUT2D eigenvalue weighted by Gasteiger charge is -2.08. The van der Waals surface area contributed by atoms with Crippen molar-refractivity contribution < 1.29 is 24.2 Å². The first kappa shape index (κ1) is 14.8. The minimum atomic E-state index is -0.717. The molecule has 2 aromatic rings. The van der Waals surface area contributed by atoms with Crippen LogP contribution in [0.5, 0.6) is 5.75 Å². The van der Waals surface area contributed by atoms with E-state index < -0.39 is 11.6 Å². The van der Waals surface area contributed by atoms with Crippen LogP contribution in [0, 0.1) is 0 Å². The molecule has 1 aromatic heterocycles. The van der Waals surface area contributed by atoms with E-state index in [0.717, 1.165) is 0 Å². The Kier molecular flexibility index (Phi) is 4.39. The standard InChI is InChI=1S/C15H14O6/c1-2-4-10-13(17)12-9(14(18)20-8-7-16)5-3-6-11(12)21-15(10)19/h2-6,16-17H,7-8H2,1H3. The third-order valence-corrected chi connectivity index (χ3v) is 2.82. The maximum atomic E-state index is 11.9. The SMILES string of the molecule is CC=Cc1c(O)c2c(C(=O)OCCO)cccc2oc1=O. The van der Waals surface area contributed by atoms with E-state index in [-0.39, 0.29) is 41.1 Å². The summed E-state index contributed by atoms with van der Waals surface area (Å²) in [5.41, 5.74) is -0.580. The van der Waals surface area contributed by atoms with Gasteiger partial charge in [0.15, 0.2) is 0 Å². The summed E-state index contributed by atoms with van der Waals surface area (Å²) in [6, 6.07) is 4.43. The summed E-state index contributed by atoms with van der Waals surface area (Å²) in [5.74, 6) is -1.05. The van der Waals surface area contributed by atoms with Gasteiger partial charge in [-0.3, -0.25) is 0 Å². The van der Waals surface area contributed by atoms with E-state index in [1.807, 2.05) is 0 Å². The Labute approximate surface area is 119 Å². The van der Waals surface area contributed by atoms with Gasteiger partial charge < -0.3 is 19.4 Å². The molecule has 0 spiro atoms. The van der Waals surface area contributed by atoms with Gasteiger partial charge in [-0.1, -0.05) is 12.1 Å². The van der Waals surface area contributed by atoms with E-state index in [1.54, 1.807) is 13.0 Å². The van der Waals surface area contributed by atoms with Crippen LogP contribution >= 0.6 is 0 Å². The monoisotopic (exact) mass is 290 g/mol. The molecule has 1 aromatic carbocycles. The Balaban J connectivity index is 2.70. The number of ether oxygens (including phenoxy) is 1. The lowest BCUT2D eigenvalue weighted by molar-refractivity contribution is 0.0435. The average molecular weight is 290 g/mol. The summed E-state index contributed by atoms with van der Waals surface area (Å²) in [6.07, 6.45) is 2.97. The number of carbonyl (C=O) groups is 1. The molecule has 2 rings (SSSR count). The average Bonchev–Trinajstić information content (AvgIpc) is 2.48. The fourth-order valence-corrected chi connectivity index (χ4v) is 1.95. The second-order valence-electron chi connectivity index (χ2n) is 4.19. The topological polar surface area (TPSA) is 97.0 Å². The number of aromatic hydroxyl groups is 1. The second-order valence-corrected chi connectivity index (χ2v) is 4.19. The Hall–Kier alpha value is -2.60. The molecule has 0 aliphatic heterocycles. The first-order valence-electron chi connectivity index (χ1n) is 6.29. The Bertz CT molecular complexity index is 757. The van der Waals surface area contributed by atoms with Gasteiger partial charge in [0, 0.05) is 0 Å². The van der Waals surface area contributed by atoms with E-state index in [4.69, 9.17) is 14.3 Å². The number of aliphatic hydroxyl groups excluding tert-OH is 1. The summed E-state index contributed by atoms with van der Waals surface area (Å²) in [6.45, 7) is 1.22. The number of hydrogen-bond acceptors (Lipinski definition) is 6. The largest absolute Gasteiger partial charge is 0.506 e. The molecule has 21 heavy (non-hydrogen) atoms. The number of allylic oxidation sites excluding steroid dienone is 1. The Morgan fingerprint density at radius 3 is 2.86 bits per heavy atom. The van der Waals surface area contributed by atoms with Gasteiger partial charge in [-0.2, -0.15) is 0 Å². The quantitative estimate of drug-likeness (QED) is 0.657. The summed E-state index contributed by atoms with van der Waals surface area (Å²) >= 11 is 0. The number of fused-ring (bicyclic) bond motifs is 1. The van der Waals surface area contributed by atoms with Crippen molar-refractivity contribution in [3.63, 3.8) is 0 Å². The van der Waals surface area contributed by atoms with E-state index in [9.17, 15) is 14.7 Å². The molecule has 0 amide bonds. The van der Waals surface area contributed by atoms with Crippen LogP contribution in [0.4, 0.5) is 0 Å². The fraction of sp³-hybridized carbons (Fsp3) is 0.200. The summed E-state index contributed by atoms with van der Waals surface area (Å²) in [7, 11) is 0.